The van der Waals surface area contributed by atoms with Crippen molar-refractivity contribution in [2.24, 2.45) is 11.7 Å². The Labute approximate surface area is 117 Å². The van der Waals surface area contributed by atoms with Crippen LogP contribution in [0.2, 0.25) is 0 Å². The van der Waals surface area contributed by atoms with Gasteiger partial charge in [0.1, 0.15) is 5.75 Å². The summed E-state index contributed by atoms with van der Waals surface area (Å²) in [6, 6.07) is 8.46. The molecule has 19 heavy (non-hydrogen) atoms. The third-order valence-electron chi connectivity index (χ3n) is 4.10. The lowest BCUT2D eigenvalue weighted by molar-refractivity contribution is 0.208. The van der Waals surface area contributed by atoms with Gasteiger partial charge in [-0.05, 0) is 42.9 Å². The minimum Gasteiger partial charge on any atom is -0.493 e. The van der Waals surface area contributed by atoms with E-state index in [-0.39, 0.29) is 6.04 Å². The summed E-state index contributed by atoms with van der Waals surface area (Å²) in [6.07, 6.45) is 8.95. The van der Waals surface area contributed by atoms with Gasteiger partial charge < -0.3 is 10.5 Å². The van der Waals surface area contributed by atoms with Gasteiger partial charge in [0.05, 0.1) is 6.61 Å². The molecule has 0 saturated heterocycles. The summed E-state index contributed by atoms with van der Waals surface area (Å²) >= 11 is 0. The first-order valence-electron chi connectivity index (χ1n) is 7.78. The van der Waals surface area contributed by atoms with Crippen molar-refractivity contribution in [1.29, 1.82) is 0 Å². The van der Waals surface area contributed by atoms with Crippen molar-refractivity contribution in [2.45, 2.75) is 57.9 Å². The van der Waals surface area contributed by atoms with Gasteiger partial charge >= 0.3 is 0 Å². The van der Waals surface area contributed by atoms with Gasteiger partial charge in [-0.2, -0.15) is 0 Å². The smallest absolute Gasteiger partial charge is 0.119 e. The van der Waals surface area contributed by atoms with Crippen LogP contribution in [-0.2, 0) is 0 Å². The Bertz CT molecular complexity index is 371. The van der Waals surface area contributed by atoms with E-state index < -0.39 is 0 Å². The number of ether oxygens (including phenoxy) is 1. The lowest BCUT2D eigenvalue weighted by Gasteiger charge is -2.22. The van der Waals surface area contributed by atoms with Gasteiger partial charge in [0.2, 0.25) is 0 Å². The zero-order chi connectivity index (χ0) is 13.5. The second kappa shape index (κ2) is 7.54. The summed E-state index contributed by atoms with van der Waals surface area (Å²) in [4.78, 5) is 0. The van der Waals surface area contributed by atoms with E-state index in [0.717, 1.165) is 31.1 Å². The van der Waals surface area contributed by atoms with E-state index in [1.807, 2.05) is 6.07 Å². The van der Waals surface area contributed by atoms with E-state index in [1.54, 1.807) is 0 Å². The van der Waals surface area contributed by atoms with Gasteiger partial charge in [-0.1, -0.05) is 44.7 Å². The predicted octanol–water partition coefficient (Wildman–Crippen LogP) is 4.45. The molecule has 1 aliphatic carbocycles. The molecule has 0 spiro atoms. The average molecular weight is 261 g/mol. The van der Waals surface area contributed by atoms with Crippen molar-refractivity contribution in [3.63, 3.8) is 0 Å². The quantitative estimate of drug-likeness (QED) is 0.821. The number of hydrogen-bond donors (Lipinski definition) is 1. The molecule has 1 saturated carbocycles. The van der Waals surface area contributed by atoms with Crippen molar-refractivity contribution < 1.29 is 4.74 Å². The molecule has 0 bridgehead atoms. The fourth-order valence-electron chi connectivity index (χ4n) is 2.88. The third kappa shape index (κ3) is 4.54. The SMILES string of the molecule is CCCC(N)c1cccc(OCC2CCCCC2)c1. The van der Waals surface area contributed by atoms with E-state index in [1.165, 1.54) is 37.7 Å². The maximum Gasteiger partial charge on any atom is 0.119 e. The lowest BCUT2D eigenvalue weighted by Crippen LogP contribution is -2.15. The molecule has 2 nitrogen and oxygen atoms in total. The number of benzene rings is 1. The molecule has 106 valence electrons. The van der Waals surface area contributed by atoms with Gasteiger partial charge in [0.25, 0.3) is 0 Å². The summed E-state index contributed by atoms with van der Waals surface area (Å²) < 4.78 is 5.96. The molecular formula is C17H27NO. The molecule has 1 fully saturated rings. The van der Waals surface area contributed by atoms with Crippen LogP contribution in [0.25, 0.3) is 0 Å². The highest BCUT2D eigenvalue weighted by Gasteiger charge is 2.14. The molecule has 2 rings (SSSR count). The van der Waals surface area contributed by atoms with E-state index in [9.17, 15) is 0 Å². The average Bonchev–Trinajstić information content (AvgIpc) is 2.47. The molecule has 0 radical (unpaired) electrons. The molecule has 0 aliphatic heterocycles. The third-order valence-corrected chi connectivity index (χ3v) is 4.10. The molecule has 0 heterocycles. The summed E-state index contributed by atoms with van der Waals surface area (Å²) in [5, 5.41) is 0. The standard InChI is InChI=1S/C17H27NO/c1-2-7-17(18)15-10-6-11-16(12-15)19-13-14-8-4-3-5-9-14/h6,10-12,14,17H,2-5,7-9,13,18H2,1H3. The molecule has 1 aromatic rings. The maximum atomic E-state index is 6.16. The van der Waals surface area contributed by atoms with E-state index in [4.69, 9.17) is 10.5 Å². The Morgan fingerprint density at radius 3 is 2.79 bits per heavy atom. The Balaban J connectivity index is 1.87. The van der Waals surface area contributed by atoms with Crippen molar-refractivity contribution in [3.8, 4) is 5.75 Å². The van der Waals surface area contributed by atoms with E-state index in [2.05, 4.69) is 25.1 Å². The highest BCUT2D eigenvalue weighted by Crippen LogP contribution is 2.26. The number of nitrogens with two attached hydrogens (primary N) is 1. The fourth-order valence-corrected chi connectivity index (χ4v) is 2.88. The van der Waals surface area contributed by atoms with Crippen LogP contribution in [0.1, 0.15) is 63.5 Å². The van der Waals surface area contributed by atoms with Crippen molar-refractivity contribution in [1.82, 2.24) is 0 Å². The highest BCUT2D eigenvalue weighted by molar-refractivity contribution is 5.30. The van der Waals surface area contributed by atoms with E-state index >= 15 is 0 Å². The number of rotatable bonds is 6. The van der Waals surface area contributed by atoms with Gasteiger partial charge in [0, 0.05) is 6.04 Å². The monoisotopic (exact) mass is 261 g/mol. The summed E-state index contributed by atoms with van der Waals surface area (Å²) in [7, 11) is 0. The fraction of sp³-hybridized carbons (Fsp3) is 0.647. The van der Waals surface area contributed by atoms with Crippen LogP contribution >= 0.6 is 0 Å². The Hall–Kier alpha value is -1.02. The molecule has 1 aliphatic rings. The zero-order valence-corrected chi connectivity index (χ0v) is 12.1. The summed E-state index contributed by atoms with van der Waals surface area (Å²) in [5.74, 6) is 1.73. The first-order chi connectivity index (χ1) is 9.29. The van der Waals surface area contributed by atoms with Crippen molar-refractivity contribution in [2.75, 3.05) is 6.61 Å². The van der Waals surface area contributed by atoms with Crippen LogP contribution in [0.3, 0.4) is 0 Å². The molecule has 1 aromatic carbocycles. The topological polar surface area (TPSA) is 35.2 Å². The normalized spacial score (nSPS) is 18.2. The Morgan fingerprint density at radius 1 is 1.26 bits per heavy atom. The second-order valence-electron chi connectivity index (χ2n) is 5.78. The molecule has 1 unspecified atom stereocenters. The zero-order valence-electron chi connectivity index (χ0n) is 12.1. The van der Waals surface area contributed by atoms with Gasteiger partial charge in [-0.25, -0.2) is 0 Å². The molecule has 0 aromatic heterocycles. The van der Waals surface area contributed by atoms with Gasteiger partial charge in [0.15, 0.2) is 0 Å². The van der Waals surface area contributed by atoms with Crippen LogP contribution in [-0.4, -0.2) is 6.61 Å². The predicted molar refractivity (Wildman–Crippen MR) is 80.3 cm³/mol. The minimum absolute atomic E-state index is 0.142. The van der Waals surface area contributed by atoms with Gasteiger partial charge in [-0.15, -0.1) is 0 Å². The van der Waals surface area contributed by atoms with Crippen LogP contribution in [0.4, 0.5) is 0 Å². The van der Waals surface area contributed by atoms with Crippen LogP contribution < -0.4 is 10.5 Å². The first kappa shape index (κ1) is 14.4. The van der Waals surface area contributed by atoms with Crippen molar-refractivity contribution >= 4 is 0 Å². The Kier molecular flexibility index (Phi) is 5.71. The number of hydrogen-bond acceptors (Lipinski definition) is 2. The van der Waals surface area contributed by atoms with Crippen molar-refractivity contribution in [3.05, 3.63) is 29.8 Å². The maximum absolute atomic E-state index is 6.16. The summed E-state index contributed by atoms with van der Waals surface area (Å²) in [5.41, 5.74) is 7.36. The molecule has 1 atom stereocenters. The highest BCUT2D eigenvalue weighted by atomic mass is 16.5. The van der Waals surface area contributed by atoms with E-state index in [0.29, 0.717) is 0 Å². The lowest BCUT2D eigenvalue weighted by atomic mass is 9.90. The van der Waals surface area contributed by atoms with Crippen LogP contribution in [0, 0.1) is 5.92 Å². The summed E-state index contributed by atoms with van der Waals surface area (Å²) in [6.45, 7) is 3.04. The Morgan fingerprint density at radius 2 is 2.05 bits per heavy atom. The first-order valence-corrected chi connectivity index (χ1v) is 7.78. The largest absolute Gasteiger partial charge is 0.493 e. The van der Waals surface area contributed by atoms with Gasteiger partial charge in [-0.3, -0.25) is 0 Å². The van der Waals surface area contributed by atoms with Crippen LogP contribution in [0.5, 0.6) is 5.75 Å². The van der Waals surface area contributed by atoms with Crippen LogP contribution in [0.15, 0.2) is 24.3 Å². The molecule has 0 amide bonds. The molecule has 2 heteroatoms. The minimum atomic E-state index is 0.142. The second-order valence-corrected chi connectivity index (χ2v) is 5.78. The molecule has 2 N–H and O–H groups in total. The molecular weight excluding hydrogens is 234 g/mol.